The summed E-state index contributed by atoms with van der Waals surface area (Å²) in [5.74, 6) is 0.324. The lowest BCUT2D eigenvalue weighted by Crippen LogP contribution is -1.83. The van der Waals surface area contributed by atoms with Gasteiger partial charge in [-0.3, -0.25) is 9.78 Å². The van der Waals surface area contributed by atoms with Crippen LogP contribution in [0.5, 0.6) is 0 Å². The molecule has 3 rings (SSSR count). The van der Waals surface area contributed by atoms with Gasteiger partial charge in [-0.1, -0.05) is 30.3 Å². The molecular formula is C14H9NO2. The Bertz CT molecular complexity index is 671. The summed E-state index contributed by atoms with van der Waals surface area (Å²) < 4.78 is 5.47. The molecule has 2 heterocycles. The lowest BCUT2D eigenvalue weighted by Gasteiger charge is -1.97. The molecule has 0 aliphatic rings. The van der Waals surface area contributed by atoms with Crippen molar-refractivity contribution in [3.63, 3.8) is 0 Å². The second kappa shape index (κ2) is 3.87. The average molecular weight is 223 g/mol. The van der Waals surface area contributed by atoms with Crippen molar-refractivity contribution in [2.45, 2.75) is 0 Å². The Balaban J connectivity index is 2.38. The number of carbonyl (C=O) groups is 1. The minimum atomic E-state index is 0.324. The zero-order valence-corrected chi connectivity index (χ0v) is 8.96. The van der Waals surface area contributed by atoms with Crippen LogP contribution in [0.3, 0.4) is 0 Å². The molecule has 0 spiro atoms. The van der Waals surface area contributed by atoms with Gasteiger partial charge >= 0.3 is 0 Å². The van der Waals surface area contributed by atoms with E-state index in [1.54, 1.807) is 12.3 Å². The number of pyridine rings is 1. The summed E-state index contributed by atoms with van der Waals surface area (Å²) in [4.78, 5) is 15.3. The molecule has 0 saturated heterocycles. The van der Waals surface area contributed by atoms with E-state index in [4.69, 9.17) is 4.42 Å². The van der Waals surface area contributed by atoms with Crippen LogP contribution < -0.4 is 0 Å². The topological polar surface area (TPSA) is 43.1 Å². The quantitative estimate of drug-likeness (QED) is 0.626. The standard InChI is InChI=1S/C14H9NO2/c16-9-12-13(10-5-2-1-3-6-10)14-11(17-12)7-4-8-15-14/h1-9H. The first kappa shape index (κ1) is 9.78. The predicted molar refractivity (Wildman–Crippen MR) is 64.8 cm³/mol. The van der Waals surface area contributed by atoms with Gasteiger partial charge in [0, 0.05) is 6.20 Å². The summed E-state index contributed by atoms with van der Waals surface area (Å²) >= 11 is 0. The van der Waals surface area contributed by atoms with E-state index in [2.05, 4.69) is 4.98 Å². The van der Waals surface area contributed by atoms with Gasteiger partial charge in [0.15, 0.2) is 17.6 Å². The molecule has 82 valence electrons. The van der Waals surface area contributed by atoms with Gasteiger partial charge in [-0.2, -0.15) is 0 Å². The highest BCUT2D eigenvalue weighted by molar-refractivity contribution is 5.99. The van der Waals surface area contributed by atoms with E-state index in [1.807, 2.05) is 36.4 Å². The molecule has 0 N–H and O–H groups in total. The molecule has 2 aromatic heterocycles. The lowest BCUT2D eigenvalue weighted by molar-refractivity contribution is 0.110. The number of nitrogens with zero attached hydrogens (tertiary/aromatic N) is 1. The number of fused-ring (bicyclic) bond motifs is 1. The van der Waals surface area contributed by atoms with Crippen molar-refractivity contribution in [3.05, 3.63) is 54.4 Å². The molecule has 0 atom stereocenters. The number of hydrogen-bond donors (Lipinski definition) is 0. The number of carbonyl (C=O) groups excluding carboxylic acids is 1. The molecule has 3 aromatic rings. The molecule has 1 aromatic carbocycles. The van der Waals surface area contributed by atoms with Crippen LogP contribution in [0.2, 0.25) is 0 Å². The summed E-state index contributed by atoms with van der Waals surface area (Å²) in [6.07, 6.45) is 2.42. The minimum absolute atomic E-state index is 0.324. The van der Waals surface area contributed by atoms with E-state index in [0.29, 0.717) is 11.3 Å². The smallest absolute Gasteiger partial charge is 0.186 e. The molecule has 0 bridgehead atoms. The van der Waals surface area contributed by atoms with Crippen molar-refractivity contribution in [1.82, 2.24) is 4.98 Å². The maximum atomic E-state index is 11.0. The number of benzene rings is 1. The highest BCUT2D eigenvalue weighted by Gasteiger charge is 2.15. The number of rotatable bonds is 2. The van der Waals surface area contributed by atoms with E-state index >= 15 is 0 Å². The Morgan fingerprint density at radius 3 is 2.65 bits per heavy atom. The fourth-order valence-corrected chi connectivity index (χ4v) is 1.91. The molecule has 0 aliphatic carbocycles. The van der Waals surface area contributed by atoms with Gasteiger partial charge in [0.05, 0.1) is 5.56 Å². The van der Waals surface area contributed by atoms with E-state index in [-0.39, 0.29) is 0 Å². The molecule has 0 radical (unpaired) electrons. The third-order valence-corrected chi connectivity index (χ3v) is 2.64. The van der Waals surface area contributed by atoms with Crippen molar-refractivity contribution in [2.24, 2.45) is 0 Å². The van der Waals surface area contributed by atoms with Gasteiger partial charge in [0.2, 0.25) is 0 Å². The van der Waals surface area contributed by atoms with Gasteiger partial charge in [-0.25, -0.2) is 0 Å². The van der Waals surface area contributed by atoms with Gasteiger partial charge in [0.25, 0.3) is 0 Å². The fraction of sp³-hybridized carbons (Fsp3) is 0. The molecule has 0 amide bonds. The first-order chi connectivity index (χ1) is 8.40. The second-order valence-corrected chi connectivity index (χ2v) is 3.68. The fourth-order valence-electron chi connectivity index (χ4n) is 1.91. The molecule has 0 unspecified atom stereocenters. The van der Waals surface area contributed by atoms with Crippen molar-refractivity contribution in [1.29, 1.82) is 0 Å². The first-order valence-corrected chi connectivity index (χ1v) is 5.28. The van der Waals surface area contributed by atoms with Crippen LogP contribution in [-0.4, -0.2) is 11.3 Å². The second-order valence-electron chi connectivity index (χ2n) is 3.68. The van der Waals surface area contributed by atoms with E-state index in [1.165, 1.54) is 0 Å². The number of aldehydes is 1. The van der Waals surface area contributed by atoms with E-state index < -0.39 is 0 Å². The van der Waals surface area contributed by atoms with Crippen molar-refractivity contribution in [3.8, 4) is 11.1 Å². The third-order valence-electron chi connectivity index (χ3n) is 2.64. The molecule has 0 aliphatic heterocycles. The summed E-state index contributed by atoms with van der Waals surface area (Å²) in [6, 6.07) is 13.2. The van der Waals surface area contributed by atoms with E-state index in [9.17, 15) is 4.79 Å². The van der Waals surface area contributed by atoms with Crippen LogP contribution >= 0.6 is 0 Å². The van der Waals surface area contributed by atoms with Crippen LogP contribution in [0, 0.1) is 0 Å². The number of furan rings is 1. The van der Waals surface area contributed by atoms with Crippen LogP contribution in [-0.2, 0) is 0 Å². The SMILES string of the molecule is O=Cc1oc2cccnc2c1-c1ccccc1. The largest absolute Gasteiger partial charge is 0.451 e. The molecule has 0 saturated carbocycles. The number of hydrogen-bond acceptors (Lipinski definition) is 3. The summed E-state index contributed by atoms with van der Waals surface area (Å²) in [5.41, 5.74) is 3.05. The van der Waals surface area contributed by atoms with Crippen LogP contribution in [0.4, 0.5) is 0 Å². The average Bonchev–Trinajstić information content (AvgIpc) is 2.78. The van der Waals surface area contributed by atoms with Crippen LogP contribution in [0.1, 0.15) is 10.6 Å². The Labute approximate surface area is 97.7 Å². The molecule has 3 nitrogen and oxygen atoms in total. The van der Waals surface area contributed by atoms with Gasteiger partial charge in [-0.05, 0) is 17.7 Å². The van der Waals surface area contributed by atoms with Crippen molar-refractivity contribution >= 4 is 17.4 Å². The van der Waals surface area contributed by atoms with Crippen molar-refractivity contribution < 1.29 is 9.21 Å². The van der Waals surface area contributed by atoms with Gasteiger partial charge in [-0.15, -0.1) is 0 Å². The Morgan fingerprint density at radius 1 is 1.06 bits per heavy atom. The van der Waals surface area contributed by atoms with Crippen LogP contribution in [0.25, 0.3) is 22.2 Å². The summed E-state index contributed by atoms with van der Waals surface area (Å²) in [7, 11) is 0. The highest BCUT2D eigenvalue weighted by atomic mass is 16.3. The molecule has 17 heavy (non-hydrogen) atoms. The van der Waals surface area contributed by atoms with Crippen LogP contribution in [0.15, 0.2) is 53.1 Å². The first-order valence-electron chi connectivity index (χ1n) is 5.28. The van der Waals surface area contributed by atoms with Crippen molar-refractivity contribution in [2.75, 3.05) is 0 Å². The Morgan fingerprint density at radius 2 is 1.88 bits per heavy atom. The maximum Gasteiger partial charge on any atom is 0.186 e. The Kier molecular flexibility index (Phi) is 2.22. The normalized spacial score (nSPS) is 10.6. The molecule has 3 heteroatoms. The number of aromatic nitrogens is 1. The van der Waals surface area contributed by atoms with E-state index in [0.717, 1.165) is 22.9 Å². The molecule has 0 fully saturated rings. The predicted octanol–water partition coefficient (Wildman–Crippen LogP) is 3.31. The molecular weight excluding hydrogens is 214 g/mol. The lowest BCUT2D eigenvalue weighted by atomic mass is 10.1. The third kappa shape index (κ3) is 1.52. The monoisotopic (exact) mass is 223 g/mol. The Hall–Kier alpha value is -2.42. The summed E-state index contributed by atoms with van der Waals surface area (Å²) in [5, 5.41) is 0. The maximum absolute atomic E-state index is 11.0. The van der Waals surface area contributed by atoms with Gasteiger partial charge < -0.3 is 4.42 Å². The zero-order chi connectivity index (χ0) is 11.7. The minimum Gasteiger partial charge on any atom is -0.451 e. The zero-order valence-electron chi connectivity index (χ0n) is 8.96. The summed E-state index contributed by atoms with van der Waals surface area (Å²) in [6.45, 7) is 0. The van der Waals surface area contributed by atoms with Gasteiger partial charge in [0.1, 0.15) is 5.52 Å². The highest BCUT2D eigenvalue weighted by Crippen LogP contribution is 2.32.